The Kier molecular flexibility index (Phi) is 4.99. The maximum Gasteiger partial charge on any atom is 0.0693 e. The van der Waals surface area contributed by atoms with Crippen molar-refractivity contribution in [3.8, 4) is 0 Å². The van der Waals surface area contributed by atoms with Crippen LogP contribution in [0.15, 0.2) is 0 Å². The molecule has 4 nitrogen and oxygen atoms in total. The third-order valence-corrected chi connectivity index (χ3v) is 3.50. The zero-order valence-electron chi connectivity index (χ0n) is 9.45. The van der Waals surface area contributed by atoms with Gasteiger partial charge < -0.3 is 20.6 Å². The van der Waals surface area contributed by atoms with E-state index in [0.717, 1.165) is 25.7 Å². The van der Waals surface area contributed by atoms with Crippen molar-refractivity contribution in [1.29, 1.82) is 0 Å². The van der Waals surface area contributed by atoms with Crippen molar-refractivity contribution in [2.24, 2.45) is 0 Å². The van der Waals surface area contributed by atoms with Gasteiger partial charge in [0.05, 0.1) is 24.9 Å². The second-order valence-corrected chi connectivity index (χ2v) is 4.55. The van der Waals surface area contributed by atoms with E-state index in [4.69, 9.17) is 0 Å². The topological polar surface area (TPSA) is 72.7 Å². The van der Waals surface area contributed by atoms with Gasteiger partial charge in [0.25, 0.3) is 0 Å². The fourth-order valence-corrected chi connectivity index (χ4v) is 2.14. The fraction of sp³-hybridized carbons (Fsp3) is 1.00. The van der Waals surface area contributed by atoms with Gasteiger partial charge in [0, 0.05) is 6.04 Å². The van der Waals surface area contributed by atoms with E-state index in [1.807, 2.05) is 6.92 Å². The highest BCUT2D eigenvalue weighted by Gasteiger charge is 2.33. The summed E-state index contributed by atoms with van der Waals surface area (Å²) in [6, 6.07) is 0.0120. The number of aliphatic hydroxyl groups excluding tert-OH is 3. The minimum atomic E-state index is -0.636. The molecule has 1 rings (SSSR count). The van der Waals surface area contributed by atoms with Crippen molar-refractivity contribution in [1.82, 2.24) is 5.32 Å². The molecule has 90 valence electrons. The summed E-state index contributed by atoms with van der Waals surface area (Å²) >= 11 is 0. The van der Waals surface area contributed by atoms with E-state index >= 15 is 0 Å². The summed E-state index contributed by atoms with van der Waals surface area (Å²) in [5.41, 5.74) is -0.636. The van der Waals surface area contributed by atoms with Gasteiger partial charge in [-0.3, -0.25) is 0 Å². The zero-order chi connectivity index (χ0) is 11.3. The lowest BCUT2D eigenvalue weighted by atomic mass is 9.88. The van der Waals surface area contributed by atoms with Crippen molar-refractivity contribution in [2.75, 3.05) is 13.2 Å². The van der Waals surface area contributed by atoms with Crippen molar-refractivity contribution in [2.45, 2.75) is 56.7 Å². The largest absolute Gasteiger partial charge is 0.394 e. The molecule has 0 unspecified atom stereocenters. The molecular formula is C11H23NO3. The van der Waals surface area contributed by atoms with E-state index in [0.29, 0.717) is 6.42 Å². The Morgan fingerprint density at radius 1 is 1.20 bits per heavy atom. The molecular weight excluding hydrogens is 194 g/mol. The Bertz CT molecular complexity index is 174. The Morgan fingerprint density at radius 2 is 1.80 bits per heavy atom. The summed E-state index contributed by atoms with van der Waals surface area (Å²) in [5, 5.41) is 31.6. The fourth-order valence-electron chi connectivity index (χ4n) is 2.14. The lowest BCUT2D eigenvalue weighted by Crippen LogP contribution is -2.59. The number of rotatable bonds is 5. The van der Waals surface area contributed by atoms with E-state index < -0.39 is 5.54 Å². The molecule has 0 aliphatic heterocycles. The van der Waals surface area contributed by atoms with E-state index in [-0.39, 0.29) is 25.4 Å². The van der Waals surface area contributed by atoms with Gasteiger partial charge in [-0.1, -0.05) is 19.8 Å². The first kappa shape index (κ1) is 12.9. The highest BCUT2D eigenvalue weighted by molar-refractivity contribution is 4.92. The first-order chi connectivity index (χ1) is 7.17. The van der Waals surface area contributed by atoms with Gasteiger partial charge in [0.2, 0.25) is 0 Å². The number of hydrogen-bond donors (Lipinski definition) is 4. The van der Waals surface area contributed by atoms with Crippen LogP contribution in [0, 0.1) is 0 Å². The monoisotopic (exact) mass is 217 g/mol. The van der Waals surface area contributed by atoms with Crippen LogP contribution in [0.4, 0.5) is 0 Å². The molecule has 0 heterocycles. The molecule has 0 spiro atoms. The zero-order valence-corrected chi connectivity index (χ0v) is 9.45. The maximum atomic E-state index is 9.79. The smallest absolute Gasteiger partial charge is 0.0693 e. The van der Waals surface area contributed by atoms with Crippen LogP contribution in [0.25, 0.3) is 0 Å². The average Bonchev–Trinajstić information content (AvgIpc) is 2.29. The maximum absolute atomic E-state index is 9.79. The molecule has 1 aliphatic carbocycles. The molecule has 0 aromatic rings. The highest BCUT2D eigenvalue weighted by Crippen LogP contribution is 2.21. The van der Waals surface area contributed by atoms with Gasteiger partial charge in [0.1, 0.15) is 0 Å². The summed E-state index contributed by atoms with van der Waals surface area (Å²) in [5.74, 6) is 0. The molecule has 2 atom stereocenters. The van der Waals surface area contributed by atoms with Gasteiger partial charge in [-0.2, -0.15) is 0 Å². The van der Waals surface area contributed by atoms with Crippen LogP contribution in [0.5, 0.6) is 0 Å². The van der Waals surface area contributed by atoms with Gasteiger partial charge in [-0.25, -0.2) is 0 Å². The second-order valence-electron chi connectivity index (χ2n) is 4.55. The van der Waals surface area contributed by atoms with Gasteiger partial charge in [-0.05, 0) is 19.3 Å². The summed E-state index contributed by atoms with van der Waals surface area (Å²) in [6.07, 6.45) is 4.21. The van der Waals surface area contributed by atoms with Crippen LogP contribution < -0.4 is 5.32 Å². The van der Waals surface area contributed by atoms with Crippen molar-refractivity contribution < 1.29 is 15.3 Å². The Hall–Kier alpha value is -0.160. The van der Waals surface area contributed by atoms with Gasteiger partial charge in [0.15, 0.2) is 0 Å². The van der Waals surface area contributed by atoms with E-state index in [9.17, 15) is 15.3 Å². The highest BCUT2D eigenvalue weighted by atomic mass is 16.3. The van der Waals surface area contributed by atoms with Crippen molar-refractivity contribution in [3.63, 3.8) is 0 Å². The molecule has 0 aromatic heterocycles. The third-order valence-electron chi connectivity index (χ3n) is 3.50. The predicted molar refractivity (Wildman–Crippen MR) is 58.6 cm³/mol. The summed E-state index contributed by atoms with van der Waals surface area (Å²) < 4.78 is 0. The van der Waals surface area contributed by atoms with Crippen LogP contribution in [0.3, 0.4) is 0 Å². The van der Waals surface area contributed by atoms with E-state index in [1.54, 1.807) is 0 Å². The van der Waals surface area contributed by atoms with Gasteiger partial charge >= 0.3 is 0 Å². The number of nitrogens with one attached hydrogen (secondary N) is 1. The quantitative estimate of drug-likeness (QED) is 0.523. The number of hydrogen-bond acceptors (Lipinski definition) is 4. The Labute approximate surface area is 91.3 Å². The van der Waals surface area contributed by atoms with Crippen molar-refractivity contribution in [3.05, 3.63) is 0 Å². The minimum Gasteiger partial charge on any atom is -0.394 e. The molecule has 4 N–H and O–H groups in total. The number of aliphatic hydroxyl groups is 3. The van der Waals surface area contributed by atoms with Gasteiger partial charge in [-0.15, -0.1) is 0 Å². The first-order valence-electron chi connectivity index (χ1n) is 5.85. The second kappa shape index (κ2) is 5.80. The molecule has 15 heavy (non-hydrogen) atoms. The van der Waals surface area contributed by atoms with Crippen LogP contribution >= 0.6 is 0 Å². The van der Waals surface area contributed by atoms with Crippen LogP contribution in [0.1, 0.15) is 39.0 Å². The molecule has 1 saturated carbocycles. The molecule has 0 amide bonds. The Morgan fingerprint density at radius 3 is 2.27 bits per heavy atom. The molecule has 4 heteroatoms. The van der Waals surface area contributed by atoms with Crippen LogP contribution in [-0.2, 0) is 0 Å². The summed E-state index contributed by atoms with van der Waals surface area (Å²) in [6.45, 7) is 1.74. The van der Waals surface area contributed by atoms with E-state index in [2.05, 4.69) is 5.32 Å². The molecule has 0 bridgehead atoms. The Balaban J connectivity index is 2.56. The summed E-state index contributed by atoms with van der Waals surface area (Å²) in [7, 11) is 0. The SMILES string of the molecule is CCC(CO)(CO)N[C@H]1CCCC[C@@H]1O. The third kappa shape index (κ3) is 3.14. The molecule has 1 fully saturated rings. The standard InChI is InChI=1S/C11H23NO3/c1-2-11(7-13,8-14)12-9-5-3-4-6-10(9)15/h9-10,12-15H,2-8H2,1H3/t9-,10-/m0/s1. The molecule has 0 radical (unpaired) electrons. The average molecular weight is 217 g/mol. The predicted octanol–water partition coefficient (Wildman–Crippen LogP) is 0.0129. The lowest BCUT2D eigenvalue weighted by molar-refractivity contribution is 0.0294. The minimum absolute atomic E-state index is 0.0120. The van der Waals surface area contributed by atoms with Crippen LogP contribution in [-0.4, -0.2) is 46.2 Å². The normalized spacial score (nSPS) is 28.0. The van der Waals surface area contributed by atoms with E-state index in [1.165, 1.54) is 0 Å². The summed E-state index contributed by atoms with van der Waals surface area (Å²) in [4.78, 5) is 0. The van der Waals surface area contributed by atoms with Crippen molar-refractivity contribution >= 4 is 0 Å². The van der Waals surface area contributed by atoms with Crippen LogP contribution in [0.2, 0.25) is 0 Å². The molecule has 0 saturated heterocycles. The first-order valence-corrected chi connectivity index (χ1v) is 5.85. The molecule has 1 aliphatic rings. The lowest BCUT2D eigenvalue weighted by Gasteiger charge is -2.38. The molecule has 0 aromatic carbocycles.